The van der Waals surface area contributed by atoms with Gasteiger partial charge in [0, 0.05) is 10.1 Å². The number of carbonyl (C=O) groups is 1. The van der Waals surface area contributed by atoms with Crippen molar-refractivity contribution in [2.45, 2.75) is 55.3 Å². The zero-order chi connectivity index (χ0) is 27.1. The molecular weight excluding hydrogens is 521 g/mol. The topological polar surface area (TPSA) is 90.9 Å². The average Bonchev–Trinajstić information content (AvgIpc) is 3.39. The maximum absolute atomic E-state index is 13.5. The first kappa shape index (κ1) is 26.6. The van der Waals surface area contributed by atoms with Crippen LogP contribution in [0.25, 0.3) is 10.1 Å². The third-order valence-corrected chi connectivity index (χ3v) is 10.1. The van der Waals surface area contributed by atoms with Crippen LogP contribution in [-0.2, 0) is 30.6 Å². The lowest BCUT2D eigenvalue weighted by Crippen LogP contribution is -2.41. The Bertz CT molecular complexity index is 1560. The molecule has 3 aromatic carbocycles. The predicted molar refractivity (Wildman–Crippen MR) is 148 cm³/mol. The van der Waals surface area contributed by atoms with E-state index in [2.05, 4.69) is 5.48 Å². The van der Waals surface area contributed by atoms with Crippen molar-refractivity contribution in [3.8, 4) is 0 Å². The molecule has 1 aromatic heterocycles. The van der Waals surface area contributed by atoms with E-state index >= 15 is 0 Å². The molecule has 4 aromatic rings. The molecule has 1 N–H and O–H groups in total. The Hall–Kier alpha value is -3.02. The van der Waals surface area contributed by atoms with Crippen molar-refractivity contribution < 1.29 is 27.4 Å². The molecule has 38 heavy (non-hydrogen) atoms. The third-order valence-electron chi connectivity index (χ3n) is 6.99. The summed E-state index contributed by atoms with van der Waals surface area (Å²) in [4.78, 5) is 18.8. The first-order valence-electron chi connectivity index (χ1n) is 12.2. The van der Waals surface area contributed by atoms with Crippen LogP contribution in [0.2, 0.25) is 0 Å². The van der Waals surface area contributed by atoms with E-state index in [1.807, 2.05) is 58.0 Å². The van der Waals surface area contributed by atoms with Crippen LogP contribution >= 0.6 is 11.3 Å². The third kappa shape index (κ3) is 4.90. The zero-order valence-electron chi connectivity index (χ0n) is 21.6. The van der Waals surface area contributed by atoms with Gasteiger partial charge in [-0.3, -0.25) is 9.63 Å². The van der Waals surface area contributed by atoms with Gasteiger partial charge in [-0.1, -0.05) is 60.7 Å². The Kier molecular flexibility index (Phi) is 6.96. The van der Waals surface area contributed by atoms with Gasteiger partial charge in [-0.25, -0.2) is 13.9 Å². The Morgan fingerprint density at radius 2 is 1.50 bits per heavy atom. The maximum atomic E-state index is 13.5. The molecule has 10 heteroatoms. The van der Waals surface area contributed by atoms with Gasteiger partial charge in [-0.2, -0.15) is 0 Å². The second-order valence-electron chi connectivity index (χ2n) is 10.1. The lowest BCUT2D eigenvalue weighted by molar-refractivity contribution is 0.00578. The smallest absolute Gasteiger partial charge is 0.399 e. The quantitative estimate of drug-likeness (QED) is 0.261. The van der Waals surface area contributed by atoms with E-state index in [9.17, 15) is 13.2 Å². The molecule has 0 radical (unpaired) electrons. The van der Waals surface area contributed by atoms with Crippen molar-refractivity contribution in [2.24, 2.45) is 0 Å². The molecule has 1 aliphatic rings. The highest BCUT2D eigenvalue weighted by atomic mass is 32.2. The molecule has 1 fully saturated rings. The van der Waals surface area contributed by atoms with Gasteiger partial charge >= 0.3 is 7.12 Å². The average molecular weight is 549 g/mol. The largest absolute Gasteiger partial charge is 0.494 e. The number of sulfone groups is 1. The minimum absolute atomic E-state index is 0.0165. The number of benzene rings is 3. The van der Waals surface area contributed by atoms with Crippen molar-refractivity contribution >= 4 is 49.7 Å². The van der Waals surface area contributed by atoms with E-state index in [0.29, 0.717) is 10.1 Å². The minimum Gasteiger partial charge on any atom is -0.399 e. The number of hydroxylamine groups is 1. The van der Waals surface area contributed by atoms with E-state index < -0.39 is 34.1 Å². The predicted octanol–water partition coefficient (Wildman–Crippen LogP) is 4.89. The molecule has 2 heterocycles. The number of carbonyl (C=O) groups excluding carboxylic acids is 1. The Labute approximate surface area is 226 Å². The molecular formula is C28H28BNO6S2. The molecule has 0 atom stereocenters. The first-order valence-corrected chi connectivity index (χ1v) is 14.5. The van der Waals surface area contributed by atoms with Crippen LogP contribution in [0.15, 0.2) is 88.7 Å². The summed E-state index contributed by atoms with van der Waals surface area (Å²) in [5.74, 6) is -0.616. The number of fused-ring (bicyclic) bond motifs is 1. The van der Waals surface area contributed by atoms with Crippen LogP contribution in [0.5, 0.6) is 0 Å². The number of hydrogen-bond acceptors (Lipinski definition) is 7. The Morgan fingerprint density at radius 1 is 0.895 bits per heavy atom. The van der Waals surface area contributed by atoms with Gasteiger partial charge in [0.25, 0.3) is 5.91 Å². The fourth-order valence-corrected chi connectivity index (χ4v) is 7.19. The number of hydrogen-bond donors (Lipinski definition) is 1. The molecule has 0 saturated carbocycles. The second-order valence-corrected chi connectivity index (χ2v) is 13.1. The summed E-state index contributed by atoms with van der Waals surface area (Å²) in [5, 5.41) is 0.504. The number of thiophene rings is 1. The van der Waals surface area contributed by atoms with Crippen LogP contribution in [0, 0.1) is 0 Å². The van der Waals surface area contributed by atoms with Crippen LogP contribution in [0.1, 0.15) is 42.9 Å². The number of rotatable bonds is 7. The summed E-state index contributed by atoms with van der Waals surface area (Å²) in [6.07, 6.45) is 0. The lowest BCUT2D eigenvalue weighted by Gasteiger charge is -2.32. The van der Waals surface area contributed by atoms with Gasteiger partial charge < -0.3 is 9.31 Å². The van der Waals surface area contributed by atoms with Crippen LogP contribution in [-0.4, -0.2) is 32.6 Å². The molecule has 0 unspecified atom stereocenters. The van der Waals surface area contributed by atoms with Crippen molar-refractivity contribution in [2.75, 3.05) is 0 Å². The molecule has 7 nitrogen and oxygen atoms in total. The molecule has 1 aliphatic heterocycles. The lowest BCUT2D eigenvalue weighted by atomic mass is 9.79. The summed E-state index contributed by atoms with van der Waals surface area (Å²) in [6.45, 7) is 8.12. The fourth-order valence-electron chi connectivity index (χ4n) is 4.14. The van der Waals surface area contributed by atoms with E-state index in [-0.39, 0.29) is 21.3 Å². The van der Waals surface area contributed by atoms with Gasteiger partial charge in [-0.15, -0.1) is 11.3 Å². The molecule has 196 valence electrons. The second kappa shape index (κ2) is 9.94. The molecule has 5 rings (SSSR count). The minimum atomic E-state index is -3.93. The van der Waals surface area contributed by atoms with E-state index in [0.717, 1.165) is 22.4 Å². The Morgan fingerprint density at radius 3 is 2.16 bits per heavy atom. The monoisotopic (exact) mass is 549 g/mol. The maximum Gasteiger partial charge on any atom is 0.494 e. The fraction of sp³-hybridized carbons (Fsp3) is 0.250. The normalized spacial score (nSPS) is 16.6. The summed E-state index contributed by atoms with van der Waals surface area (Å²) >= 11 is 1.12. The number of amides is 1. The first-order chi connectivity index (χ1) is 18.0. The highest BCUT2D eigenvalue weighted by Gasteiger charge is 2.51. The van der Waals surface area contributed by atoms with Crippen LogP contribution in [0.4, 0.5) is 0 Å². The SMILES string of the molecule is CC1(C)OB(c2ccc(CONC(=O)c3sc4ccccc4c3S(=O)(=O)c3ccccc3)cc2)OC1(C)C. The molecule has 0 spiro atoms. The van der Waals surface area contributed by atoms with Gasteiger partial charge in [0.1, 0.15) is 9.77 Å². The molecule has 1 amide bonds. The van der Waals surface area contributed by atoms with Gasteiger partial charge in [-0.05, 0) is 56.9 Å². The highest BCUT2D eigenvalue weighted by molar-refractivity contribution is 7.92. The van der Waals surface area contributed by atoms with Crippen molar-refractivity contribution in [3.05, 3.63) is 89.3 Å². The Balaban J connectivity index is 1.30. The van der Waals surface area contributed by atoms with Crippen LogP contribution in [0.3, 0.4) is 0 Å². The molecule has 0 aliphatic carbocycles. The summed E-state index contributed by atoms with van der Waals surface area (Å²) in [6, 6.07) is 22.7. The van der Waals surface area contributed by atoms with E-state index in [1.165, 1.54) is 12.1 Å². The van der Waals surface area contributed by atoms with Gasteiger partial charge in [0.2, 0.25) is 9.84 Å². The highest BCUT2D eigenvalue weighted by Crippen LogP contribution is 2.38. The summed E-state index contributed by atoms with van der Waals surface area (Å²) in [7, 11) is -4.40. The zero-order valence-corrected chi connectivity index (χ0v) is 23.2. The summed E-state index contributed by atoms with van der Waals surface area (Å²) in [5.41, 5.74) is 3.27. The van der Waals surface area contributed by atoms with E-state index in [1.54, 1.807) is 36.4 Å². The number of nitrogens with one attached hydrogen (secondary N) is 1. The van der Waals surface area contributed by atoms with Gasteiger partial charge in [0.15, 0.2) is 0 Å². The molecule has 0 bridgehead atoms. The van der Waals surface area contributed by atoms with E-state index in [4.69, 9.17) is 14.1 Å². The van der Waals surface area contributed by atoms with Gasteiger partial charge in [0.05, 0.1) is 22.7 Å². The molecule has 1 saturated heterocycles. The van der Waals surface area contributed by atoms with Crippen molar-refractivity contribution in [1.82, 2.24) is 5.48 Å². The summed E-state index contributed by atoms with van der Waals surface area (Å²) < 4.78 is 39.9. The van der Waals surface area contributed by atoms with Crippen molar-refractivity contribution in [1.29, 1.82) is 0 Å². The van der Waals surface area contributed by atoms with Crippen molar-refractivity contribution in [3.63, 3.8) is 0 Å². The standard InChI is InChI=1S/C28H28BNO6S2/c1-27(2)28(3,4)36-29(35-27)20-16-14-19(15-17-20)18-34-30-26(31)24-25(22-12-8-9-13-23(22)37-24)38(32,33)21-10-6-5-7-11-21/h5-17H,18H2,1-4H3,(H,30,31). The van der Waals surface area contributed by atoms with Crippen LogP contribution < -0.4 is 10.9 Å².